The maximum Gasteiger partial charge on any atom is 0.227 e. The van der Waals surface area contributed by atoms with Crippen molar-refractivity contribution in [1.82, 2.24) is 10.2 Å². The van der Waals surface area contributed by atoms with Crippen LogP contribution in [-0.4, -0.2) is 57.2 Å². The molecule has 2 saturated heterocycles. The molecule has 1 spiro atoms. The molecule has 0 saturated carbocycles. The lowest BCUT2D eigenvalue weighted by Crippen LogP contribution is -2.51. The lowest BCUT2D eigenvalue weighted by atomic mass is 9.79. The zero-order valence-corrected chi connectivity index (χ0v) is 16.6. The maximum absolute atomic E-state index is 12.9. The van der Waals surface area contributed by atoms with Crippen LogP contribution in [0.2, 0.25) is 0 Å². The van der Waals surface area contributed by atoms with Crippen molar-refractivity contribution in [2.45, 2.75) is 37.7 Å². The van der Waals surface area contributed by atoms with E-state index < -0.39 is 0 Å². The van der Waals surface area contributed by atoms with Crippen molar-refractivity contribution in [3.63, 3.8) is 0 Å². The van der Waals surface area contributed by atoms with Crippen LogP contribution < -0.4 is 14.8 Å². The number of fused-ring (bicyclic) bond motifs is 2. The normalized spacial score (nSPS) is 23.7. The molecule has 7 nitrogen and oxygen atoms in total. The molecule has 1 aromatic carbocycles. The van der Waals surface area contributed by atoms with E-state index in [1.807, 2.05) is 11.0 Å². The maximum atomic E-state index is 12.9. The highest BCUT2D eigenvalue weighted by atomic mass is 16.5. The zero-order valence-electron chi connectivity index (χ0n) is 16.6. The van der Waals surface area contributed by atoms with Crippen LogP contribution in [0, 0.1) is 5.92 Å². The Morgan fingerprint density at radius 3 is 2.54 bits per heavy atom. The Hall–Kier alpha value is -2.28. The lowest BCUT2D eigenvalue weighted by molar-refractivity contribution is -0.145. The zero-order chi connectivity index (χ0) is 19.7. The summed E-state index contributed by atoms with van der Waals surface area (Å²) >= 11 is 0. The molecule has 1 N–H and O–H groups in total. The van der Waals surface area contributed by atoms with E-state index in [4.69, 9.17) is 14.2 Å². The van der Waals surface area contributed by atoms with Crippen LogP contribution in [0.25, 0.3) is 0 Å². The van der Waals surface area contributed by atoms with Gasteiger partial charge in [-0.25, -0.2) is 0 Å². The Morgan fingerprint density at radius 2 is 1.89 bits per heavy atom. The van der Waals surface area contributed by atoms with Crippen molar-refractivity contribution >= 4 is 11.8 Å². The first-order chi connectivity index (χ1) is 13.6. The average molecular weight is 388 g/mol. The van der Waals surface area contributed by atoms with Crippen LogP contribution in [0.3, 0.4) is 0 Å². The molecular formula is C21H28N2O5. The van der Waals surface area contributed by atoms with Crippen molar-refractivity contribution in [2.75, 3.05) is 40.5 Å². The number of ether oxygens (including phenoxy) is 3. The van der Waals surface area contributed by atoms with Crippen LogP contribution in [-0.2, 0) is 26.3 Å². The second-order valence-electron chi connectivity index (χ2n) is 7.82. The van der Waals surface area contributed by atoms with Crippen molar-refractivity contribution in [3.8, 4) is 11.5 Å². The third-order valence-electron chi connectivity index (χ3n) is 6.35. The van der Waals surface area contributed by atoms with Gasteiger partial charge < -0.3 is 24.4 Å². The van der Waals surface area contributed by atoms with E-state index in [9.17, 15) is 9.59 Å². The summed E-state index contributed by atoms with van der Waals surface area (Å²) in [5.41, 5.74) is 2.03. The number of piperidine rings is 2. The molecule has 3 heterocycles. The molecule has 2 amide bonds. The molecule has 0 bridgehead atoms. The third-order valence-corrected chi connectivity index (χ3v) is 6.35. The van der Waals surface area contributed by atoms with Gasteiger partial charge in [0.1, 0.15) is 0 Å². The highest BCUT2D eigenvalue weighted by Crippen LogP contribution is 2.45. The van der Waals surface area contributed by atoms with Gasteiger partial charge in [0.25, 0.3) is 0 Å². The molecule has 3 aliphatic rings. The van der Waals surface area contributed by atoms with Gasteiger partial charge in [-0.2, -0.15) is 0 Å². The van der Waals surface area contributed by atoms with Gasteiger partial charge in [-0.1, -0.05) is 0 Å². The molecule has 0 aliphatic carbocycles. The van der Waals surface area contributed by atoms with Crippen LogP contribution in [0.1, 0.15) is 36.8 Å². The molecule has 4 rings (SSSR count). The fourth-order valence-electron chi connectivity index (χ4n) is 4.69. The van der Waals surface area contributed by atoms with Gasteiger partial charge >= 0.3 is 0 Å². The number of nitrogens with zero attached hydrogens (tertiary/aromatic N) is 1. The summed E-state index contributed by atoms with van der Waals surface area (Å²) < 4.78 is 17.3. The van der Waals surface area contributed by atoms with Gasteiger partial charge in [0.2, 0.25) is 11.8 Å². The molecule has 0 radical (unpaired) electrons. The van der Waals surface area contributed by atoms with E-state index in [-0.39, 0.29) is 23.3 Å². The fraction of sp³-hybridized carbons (Fsp3) is 0.619. The second kappa shape index (κ2) is 7.62. The fourth-order valence-corrected chi connectivity index (χ4v) is 4.69. The van der Waals surface area contributed by atoms with Crippen molar-refractivity contribution < 1.29 is 23.8 Å². The number of carbonyl (C=O) groups excluding carboxylic acids is 2. The molecule has 3 aliphatic heterocycles. The van der Waals surface area contributed by atoms with Gasteiger partial charge in [0, 0.05) is 26.1 Å². The third kappa shape index (κ3) is 3.32. The number of carbonyl (C=O) groups is 2. The standard InChI is InChI=1S/C21H28N2O5/c1-26-17-11-14-5-10-28-21(16(14)12-18(17)27-2)6-8-23(9-7-21)20(25)15-3-4-19(24)22-13-15/h11-12,15H,3-10,13H2,1-2H3,(H,22,24). The van der Waals surface area contributed by atoms with E-state index >= 15 is 0 Å². The molecule has 1 atom stereocenters. The Morgan fingerprint density at radius 1 is 1.18 bits per heavy atom. The summed E-state index contributed by atoms with van der Waals surface area (Å²) in [6.07, 6.45) is 3.46. The van der Waals surface area contributed by atoms with Crippen molar-refractivity contribution in [2.24, 2.45) is 5.92 Å². The SMILES string of the molecule is COc1cc2c(cc1OC)C1(CCN(C(=O)C3CCC(=O)NC3)CC1)OCC2. The molecule has 152 valence electrons. The van der Waals surface area contributed by atoms with E-state index in [1.165, 1.54) is 5.56 Å². The Labute approximate surface area is 165 Å². The van der Waals surface area contributed by atoms with E-state index in [1.54, 1.807) is 14.2 Å². The number of rotatable bonds is 3. The largest absolute Gasteiger partial charge is 0.493 e. The van der Waals surface area contributed by atoms with Gasteiger partial charge in [-0.15, -0.1) is 0 Å². The minimum Gasteiger partial charge on any atom is -0.493 e. The molecule has 1 unspecified atom stereocenters. The summed E-state index contributed by atoms with van der Waals surface area (Å²) in [5.74, 6) is 1.54. The summed E-state index contributed by atoms with van der Waals surface area (Å²) in [5, 5.41) is 2.81. The van der Waals surface area contributed by atoms with Crippen LogP contribution in [0.15, 0.2) is 12.1 Å². The molecule has 2 fully saturated rings. The summed E-state index contributed by atoms with van der Waals surface area (Å²) in [4.78, 5) is 26.1. The smallest absolute Gasteiger partial charge is 0.227 e. The minimum atomic E-state index is -0.370. The quantitative estimate of drug-likeness (QED) is 0.852. The number of benzene rings is 1. The first-order valence-corrected chi connectivity index (χ1v) is 10.0. The second-order valence-corrected chi connectivity index (χ2v) is 7.82. The van der Waals surface area contributed by atoms with Gasteiger partial charge in [-0.3, -0.25) is 9.59 Å². The molecule has 0 aromatic heterocycles. The molecule has 1 aromatic rings. The summed E-state index contributed by atoms with van der Waals surface area (Å²) in [6.45, 7) is 2.45. The van der Waals surface area contributed by atoms with Gasteiger partial charge in [0.05, 0.1) is 32.3 Å². The Kier molecular flexibility index (Phi) is 5.19. The highest BCUT2D eigenvalue weighted by molar-refractivity contribution is 5.83. The van der Waals surface area contributed by atoms with E-state index in [0.717, 1.165) is 30.6 Å². The molecule has 28 heavy (non-hydrogen) atoms. The first kappa shape index (κ1) is 19.1. The molecular weight excluding hydrogens is 360 g/mol. The predicted octanol–water partition coefficient (Wildman–Crippen LogP) is 1.62. The van der Waals surface area contributed by atoms with Crippen molar-refractivity contribution in [3.05, 3.63) is 23.3 Å². The number of hydrogen-bond acceptors (Lipinski definition) is 5. The number of amides is 2. The Balaban J connectivity index is 1.50. The first-order valence-electron chi connectivity index (χ1n) is 10.0. The van der Waals surface area contributed by atoms with E-state index in [0.29, 0.717) is 44.8 Å². The van der Waals surface area contributed by atoms with Crippen molar-refractivity contribution in [1.29, 1.82) is 0 Å². The van der Waals surface area contributed by atoms with Gasteiger partial charge in [0.15, 0.2) is 11.5 Å². The Bertz CT molecular complexity index is 760. The summed E-state index contributed by atoms with van der Waals surface area (Å²) in [7, 11) is 3.29. The monoisotopic (exact) mass is 388 g/mol. The minimum absolute atomic E-state index is 0.0400. The van der Waals surface area contributed by atoms with Crippen LogP contribution in [0.4, 0.5) is 0 Å². The number of nitrogens with one attached hydrogen (secondary N) is 1. The number of methoxy groups -OCH3 is 2. The predicted molar refractivity (Wildman–Crippen MR) is 102 cm³/mol. The highest BCUT2D eigenvalue weighted by Gasteiger charge is 2.43. The number of likely N-dealkylation sites (tertiary alicyclic amines) is 1. The topological polar surface area (TPSA) is 77.1 Å². The van der Waals surface area contributed by atoms with E-state index in [2.05, 4.69) is 11.4 Å². The summed E-state index contributed by atoms with van der Waals surface area (Å²) in [6, 6.07) is 4.10. The van der Waals surface area contributed by atoms with Crippen LogP contribution >= 0.6 is 0 Å². The molecule has 7 heteroatoms. The van der Waals surface area contributed by atoms with Crippen LogP contribution in [0.5, 0.6) is 11.5 Å². The average Bonchev–Trinajstić information content (AvgIpc) is 2.74. The lowest BCUT2D eigenvalue weighted by Gasteiger charge is -2.46. The van der Waals surface area contributed by atoms with Gasteiger partial charge in [-0.05, 0) is 48.9 Å². The number of hydrogen-bond donors (Lipinski definition) is 1.